The molecule has 0 spiro atoms. The van der Waals surface area contributed by atoms with E-state index >= 15 is 0 Å². The zero-order valence-corrected chi connectivity index (χ0v) is 30.7. The number of carboxylic acids is 1. The number of alkyl halides is 3. The first-order chi connectivity index (χ1) is 25.2. The SMILES string of the molecule is NC1CCN(C(=O)[C@@H]2CN(Cc3ccc(-c4ccc(Cl)cn4)nc3)CCN2S(=O)(=O)c2ccc(OCC3CCCCC3)cc2)CC1.O=C(O)C(F)(F)F. The standard InChI is InChI=1S/C34H43ClN6O4S.C2HF3O2/c35-27-7-13-32(38-21-27)31-12-6-26(20-37-31)22-39-18-19-41(33(23-39)34(42)40-16-14-28(36)15-17-40)46(43,44)30-10-8-29(9-11-30)45-24-25-4-2-1-3-5-25;3-2(4,5)1(6)7/h6-13,20-21,25,28,33H,1-5,14-19,22-24,36H2;(H,6,7)/t33-;/m0./s1. The summed E-state index contributed by atoms with van der Waals surface area (Å²) in [5.74, 6) is -1.71. The molecule has 2 aromatic heterocycles. The van der Waals surface area contributed by atoms with E-state index in [2.05, 4.69) is 14.9 Å². The molecule has 0 bridgehead atoms. The van der Waals surface area contributed by atoms with Crippen LogP contribution in [0.4, 0.5) is 13.2 Å². The van der Waals surface area contributed by atoms with Gasteiger partial charge in [0.05, 0.1) is 27.9 Å². The Labute approximate surface area is 312 Å². The van der Waals surface area contributed by atoms with E-state index in [0.717, 1.165) is 17.0 Å². The molecule has 3 aromatic rings. The van der Waals surface area contributed by atoms with Crippen LogP contribution >= 0.6 is 11.6 Å². The molecule has 3 fully saturated rings. The summed E-state index contributed by atoms with van der Waals surface area (Å²) in [5, 5.41) is 7.69. The molecular formula is C36H44ClF3N6O6S. The molecule has 4 heterocycles. The van der Waals surface area contributed by atoms with E-state index < -0.39 is 28.2 Å². The second kappa shape index (κ2) is 18.0. The third-order valence-corrected chi connectivity index (χ3v) is 11.8. The molecule has 1 saturated carbocycles. The number of hydrogen-bond acceptors (Lipinski definition) is 9. The number of aliphatic carboxylic acids is 1. The van der Waals surface area contributed by atoms with Crippen molar-refractivity contribution in [3.05, 3.63) is 71.5 Å². The Morgan fingerprint density at radius 2 is 1.51 bits per heavy atom. The fourth-order valence-electron chi connectivity index (χ4n) is 6.65. The minimum atomic E-state index is -5.08. The molecule has 2 saturated heterocycles. The maximum Gasteiger partial charge on any atom is 0.490 e. The summed E-state index contributed by atoms with van der Waals surface area (Å²) >= 11 is 5.97. The molecule has 288 valence electrons. The second-order valence-corrected chi connectivity index (χ2v) is 15.9. The summed E-state index contributed by atoms with van der Waals surface area (Å²) in [5.41, 5.74) is 8.54. The van der Waals surface area contributed by atoms with Crippen LogP contribution in [-0.4, -0.2) is 107 Å². The highest BCUT2D eigenvalue weighted by atomic mass is 35.5. The van der Waals surface area contributed by atoms with Crippen LogP contribution in [-0.2, 0) is 26.2 Å². The molecule has 2 aliphatic heterocycles. The van der Waals surface area contributed by atoms with Crippen LogP contribution in [0.5, 0.6) is 5.75 Å². The van der Waals surface area contributed by atoms with E-state index in [1.165, 1.54) is 36.4 Å². The van der Waals surface area contributed by atoms with Crippen LogP contribution in [0.3, 0.4) is 0 Å². The molecule has 6 rings (SSSR count). The molecule has 3 aliphatic rings. The lowest BCUT2D eigenvalue weighted by molar-refractivity contribution is -0.192. The van der Waals surface area contributed by atoms with Crippen LogP contribution in [0.25, 0.3) is 11.4 Å². The molecule has 1 atom stereocenters. The monoisotopic (exact) mass is 780 g/mol. The summed E-state index contributed by atoms with van der Waals surface area (Å²) < 4.78 is 67.3. The van der Waals surface area contributed by atoms with Crippen molar-refractivity contribution in [2.45, 2.75) is 74.6 Å². The number of benzene rings is 1. The van der Waals surface area contributed by atoms with Gasteiger partial charge in [-0.1, -0.05) is 36.9 Å². The molecule has 12 nitrogen and oxygen atoms in total. The van der Waals surface area contributed by atoms with Crippen LogP contribution < -0.4 is 10.5 Å². The van der Waals surface area contributed by atoms with Gasteiger partial charge >= 0.3 is 12.1 Å². The number of amides is 1. The van der Waals surface area contributed by atoms with Crippen LogP contribution in [0, 0.1) is 5.92 Å². The van der Waals surface area contributed by atoms with E-state index in [1.807, 2.05) is 18.2 Å². The summed E-state index contributed by atoms with van der Waals surface area (Å²) in [6, 6.07) is 13.4. The van der Waals surface area contributed by atoms with Crippen molar-refractivity contribution in [1.82, 2.24) is 24.1 Å². The van der Waals surface area contributed by atoms with Gasteiger partial charge in [-0.15, -0.1) is 0 Å². The molecule has 3 N–H and O–H groups in total. The highest BCUT2D eigenvalue weighted by Gasteiger charge is 2.42. The summed E-state index contributed by atoms with van der Waals surface area (Å²) in [6.45, 7) is 3.22. The molecule has 1 aliphatic carbocycles. The molecule has 53 heavy (non-hydrogen) atoms. The smallest absolute Gasteiger partial charge is 0.490 e. The van der Waals surface area contributed by atoms with Gasteiger partial charge in [-0.25, -0.2) is 13.2 Å². The largest absolute Gasteiger partial charge is 0.493 e. The number of aromatic nitrogens is 2. The molecule has 1 amide bonds. The number of likely N-dealkylation sites (tertiary alicyclic amines) is 1. The molecule has 0 radical (unpaired) electrons. The zero-order chi connectivity index (χ0) is 38.2. The van der Waals surface area contributed by atoms with Gasteiger partial charge in [0.25, 0.3) is 0 Å². The quantitative estimate of drug-likeness (QED) is 0.295. The Morgan fingerprint density at radius 3 is 2.08 bits per heavy atom. The van der Waals surface area contributed by atoms with Crippen molar-refractivity contribution in [2.24, 2.45) is 11.7 Å². The number of carbonyl (C=O) groups is 2. The highest BCUT2D eigenvalue weighted by molar-refractivity contribution is 7.89. The van der Waals surface area contributed by atoms with Crippen molar-refractivity contribution in [1.29, 1.82) is 0 Å². The van der Waals surface area contributed by atoms with Gasteiger partial charge in [0.2, 0.25) is 15.9 Å². The number of carboxylic acid groups (broad SMARTS) is 1. The van der Waals surface area contributed by atoms with Crippen molar-refractivity contribution >= 4 is 33.5 Å². The number of carbonyl (C=O) groups excluding carboxylic acids is 1. The number of piperidine rings is 1. The zero-order valence-electron chi connectivity index (χ0n) is 29.1. The van der Waals surface area contributed by atoms with E-state index in [4.69, 9.17) is 32.0 Å². The fourth-order valence-corrected chi connectivity index (χ4v) is 8.33. The predicted molar refractivity (Wildman–Crippen MR) is 191 cm³/mol. The third kappa shape index (κ3) is 11.1. The number of hydrogen-bond donors (Lipinski definition) is 2. The van der Waals surface area contributed by atoms with Crippen molar-refractivity contribution in [2.75, 3.05) is 39.3 Å². The van der Waals surface area contributed by atoms with Crippen LogP contribution in [0.2, 0.25) is 5.02 Å². The van der Waals surface area contributed by atoms with Gasteiger partial charge in [-0.3, -0.25) is 19.7 Å². The Balaban J connectivity index is 0.000000705. The molecular weight excluding hydrogens is 737 g/mol. The Bertz CT molecular complexity index is 1770. The minimum absolute atomic E-state index is 0.0594. The molecule has 17 heteroatoms. The first-order valence-electron chi connectivity index (χ1n) is 17.6. The number of nitrogens with two attached hydrogens (primary N) is 1. The van der Waals surface area contributed by atoms with Gasteiger partial charge in [0.15, 0.2) is 0 Å². The Kier molecular flexibility index (Phi) is 13.7. The number of ether oxygens (including phenoxy) is 1. The highest BCUT2D eigenvalue weighted by Crippen LogP contribution is 2.28. The summed E-state index contributed by atoms with van der Waals surface area (Å²) in [6.07, 6.45) is 5.86. The normalized spacial score (nSPS) is 19.6. The Hall–Kier alpha value is -3.83. The minimum Gasteiger partial charge on any atom is -0.493 e. The maximum absolute atomic E-state index is 14.1. The number of pyridine rings is 2. The average molecular weight is 781 g/mol. The van der Waals surface area contributed by atoms with Crippen molar-refractivity contribution < 1.29 is 41.0 Å². The number of sulfonamides is 1. The fraction of sp³-hybridized carbons (Fsp3) is 0.500. The van der Waals surface area contributed by atoms with Gasteiger partial charge in [0.1, 0.15) is 11.8 Å². The third-order valence-electron chi connectivity index (χ3n) is 9.66. The number of piperazine rings is 1. The Morgan fingerprint density at radius 1 is 0.887 bits per heavy atom. The lowest BCUT2D eigenvalue weighted by atomic mass is 9.90. The summed E-state index contributed by atoms with van der Waals surface area (Å²) in [4.78, 5) is 35.9. The van der Waals surface area contributed by atoms with Gasteiger partial charge in [0, 0.05) is 57.7 Å². The maximum atomic E-state index is 14.1. The van der Waals surface area contributed by atoms with E-state index in [0.29, 0.717) is 62.3 Å². The summed E-state index contributed by atoms with van der Waals surface area (Å²) in [7, 11) is -3.94. The molecule has 0 unspecified atom stereocenters. The molecule has 1 aromatic carbocycles. The predicted octanol–water partition coefficient (Wildman–Crippen LogP) is 5.21. The van der Waals surface area contributed by atoms with E-state index in [9.17, 15) is 26.4 Å². The first kappa shape index (κ1) is 40.4. The van der Waals surface area contributed by atoms with Gasteiger partial charge < -0.3 is 20.5 Å². The van der Waals surface area contributed by atoms with E-state index in [-0.39, 0.29) is 29.9 Å². The van der Waals surface area contributed by atoms with Crippen LogP contribution in [0.1, 0.15) is 50.5 Å². The van der Waals surface area contributed by atoms with Crippen molar-refractivity contribution in [3.63, 3.8) is 0 Å². The van der Waals surface area contributed by atoms with Crippen molar-refractivity contribution in [3.8, 4) is 17.1 Å². The van der Waals surface area contributed by atoms with E-state index in [1.54, 1.807) is 47.6 Å². The van der Waals surface area contributed by atoms with Gasteiger partial charge in [-0.05, 0) is 79.6 Å². The number of nitrogens with zero attached hydrogens (tertiary/aromatic N) is 5. The lowest BCUT2D eigenvalue weighted by Crippen LogP contribution is -2.61. The average Bonchev–Trinajstić information content (AvgIpc) is 3.15. The second-order valence-electron chi connectivity index (χ2n) is 13.5. The topological polar surface area (TPSA) is 159 Å². The number of halogens is 4. The number of rotatable bonds is 9. The first-order valence-corrected chi connectivity index (χ1v) is 19.4. The van der Waals surface area contributed by atoms with Gasteiger partial charge in [-0.2, -0.15) is 17.5 Å². The van der Waals surface area contributed by atoms with Crippen LogP contribution in [0.15, 0.2) is 65.8 Å². The lowest BCUT2D eigenvalue weighted by Gasteiger charge is -2.42.